The molecule has 3 unspecified atom stereocenters. The summed E-state index contributed by atoms with van der Waals surface area (Å²) in [5.74, 6) is -3.76. The Balaban J connectivity index is 1.90. The number of aliphatic carboxylic acids is 1. The number of carboxylic acids is 1. The Morgan fingerprint density at radius 1 is 0.810 bits per heavy atom. The maximum absolute atomic E-state index is 13.0. The Hall–Kier alpha value is -3.49. The molecule has 0 radical (unpaired) electrons. The molecule has 14 heteroatoms. The minimum absolute atomic E-state index is 0.0102. The lowest BCUT2D eigenvalue weighted by molar-refractivity contribution is -0.142. The Labute approximate surface area is 260 Å². The van der Waals surface area contributed by atoms with Gasteiger partial charge in [0, 0.05) is 6.42 Å². The number of nitrogens with two attached hydrogens (primary N) is 1. The van der Waals surface area contributed by atoms with Gasteiger partial charge in [0.1, 0.15) is 17.8 Å². The van der Waals surface area contributed by atoms with Crippen LogP contribution in [0.15, 0.2) is 51.4 Å². The number of aromatic hydroxyl groups is 1. The summed E-state index contributed by atoms with van der Waals surface area (Å²) in [4.78, 5) is 61.9. The number of benzene rings is 2. The lowest BCUT2D eigenvalue weighted by Gasteiger charge is -2.22. The number of hydrogen-bond donors (Lipinski definition) is 7. The van der Waals surface area contributed by atoms with Crippen LogP contribution in [0.2, 0.25) is 0 Å². The normalized spacial score (nSPS) is 13.0. The summed E-state index contributed by atoms with van der Waals surface area (Å²) in [7, 11) is 0. The molecule has 0 aliphatic heterocycles. The van der Waals surface area contributed by atoms with E-state index in [1.54, 1.807) is 42.5 Å². The van der Waals surface area contributed by atoms with Crippen molar-refractivity contribution >= 4 is 61.5 Å². The standard InChI is InChI=1S/C28H35Br2N5O7/c1-15(2)8-22(28(41)42)35-27(40)21(12-16-6-4-3-5-7-16)34-24(37)14-32-23(36)13-33-26(39)20(31)11-17-9-18(29)25(38)19(30)10-17/h3-7,9-10,15,20-22,38H,8,11-14,31H2,1-2H3,(H,32,36)(H,33,39)(H,34,37)(H,35,40)(H,41,42). The quantitative estimate of drug-likeness (QED) is 0.144. The van der Waals surface area contributed by atoms with E-state index in [1.807, 2.05) is 13.8 Å². The molecule has 0 aliphatic carbocycles. The number of hydrogen-bond acceptors (Lipinski definition) is 7. The van der Waals surface area contributed by atoms with Gasteiger partial charge in [0.05, 0.1) is 28.1 Å². The van der Waals surface area contributed by atoms with E-state index in [0.29, 0.717) is 14.5 Å². The molecule has 0 fully saturated rings. The van der Waals surface area contributed by atoms with Crippen molar-refractivity contribution in [3.8, 4) is 5.75 Å². The van der Waals surface area contributed by atoms with Crippen LogP contribution in [0.3, 0.4) is 0 Å². The van der Waals surface area contributed by atoms with Crippen molar-refractivity contribution in [2.24, 2.45) is 11.7 Å². The van der Waals surface area contributed by atoms with Crippen LogP contribution in [0.25, 0.3) is 0 Å². The highest BCUT2D eigenvalue weighted by molar-refractivity contribution is 9.11. The first-order valence-corrected chi connectivity index (χ1v) is 14.7. The Bertz CT molecular complexity index is 1250. The zero-order chi connectivity index (χ0) is 31.4. The molecule has 0 saturated heterocycles. The van der Waals surface area contributed by atoms with Crippen molar-refractivity contribution in [2.75, 3.05) is 13.1 Å². The Kier molecular flexibility index (Phi) is 13.9. The molecule has 0 spiro atoms. The largest absolute Gasteiger partial charge is 0.506 e. The van der Waals surface area contributed by atoms with E-state index in [4.69, 9.17) is 5.73 Å². The van der Waals surface area contributed by atoms with E-state index >= 15 is 0 Å². The third kappa shape index (κ3) is 11.8. The fourth-order valence-electron chi connectivity index (χ4n) is 3.89. The smallest absolute Gasteiger partial charge is 0.326 e. The first kappa shape index (κ1) is 34.7. The third-order valence-electron chi connectivity index (χ3n) is 5.99. The summed E-state index contributed by atoms with van der Waals surface area (Å²) in [6, 6.07) is 8.92. The average Bonchev–Trinajstić information content (AvgIpc) is 2.92. The van der Waals surface area contributed by atoms with Gasteiger partial charge in [0.25, 0.3) is 0 Å². The molecule has 12 nitrogen and oxygen atoms in total. The highest BCUT2D eigenvalue weighted by Crippen LogP contribution is 2.33. The molecule has 4 amide bonds. The fraction of sp³-hybridized carbons (Fsp3) is 0.393. The second-order valence-corrected chi connectivity index (χ2v) is 11.8. The number of carboxylic acid groups (broad SMARTS) is 1. The number of phenolic OH excluding ortho intramolecular Hbond substituents is 1. The van der Waals surface area contributed by atoms with Crippen LogP contribution in [0, 0.1) is 5.92 Å². The summed E-state index contributed by atoms with van der Waals surface area (Å²) in [6.45, 7) is 2.74. The summed E-state index contributed by atoms with van der Waals surface area (Å²) < 4.78 is 0.857. The molecule has 0 aromatic heterocycles. The molecular weight excluding hydrogens is 678 g/mol. The molecule has 0 heterocycles. The highest BCUT2D eigenvalue weighted by Gasteiger charge is 2.27. The Morgan fingerprint density at radius 3 is 1.98 bits per heavy atom. The SMILES string of the molecule is CC(C)CC(NC(=O)C(Cc1ccccc1)NC(=O)CNC(=O)CNC(=O)C(N)Cc1cc(Br)c(O)c(Br)c1)C(=O)O. The number of phenols is 1. The van der Waals surface area contributed by atoms with Gasteiger partial charge in [-0.25, -0.2) is 4.79 Å². The number of carbonyl (C=O) groups is 5. The van der Waals surface area contributed by atoms with Crippen LogP contribution in [0.1, 0.15) is 31.4 Å². The zero-order valence-corrected chi connectivity index (χ0v) is 26.3. The highest BCUT2D eigenvalue weighted by atomic mass is 79.9. The third-order valence-corrected chi connectivity index (χ3v) is 7.20. The Morgan fingerprint density at radius 2 is 1.40 bits per heavy atom. The molecular formula is C28H35Br2N5O7. The number of halogens is 2. The molecule has 228 valence electrons. The van der Waals surface area contributed by atoms with Crippen LogP contribution >= 0.6 is 31.9 Å². The molecule has 2 aromatic carbocycles. The van der Waals surface area contributed by atoms with Crippen LogP contribution < -0.4 is 27.0 Å². The lowest BCUT2D eigenvalue weighted by atomic mass is 10.0. The van der Waals surface area contributed by atoms with Crippen LogP contribution in [-0.2, 0) is 36.8 Å². The van der Waals surface area contributed by atoms with Gasteiger partial charge in [-0.2, -0.15) is 0 Å². The van der Waals surface area contributed by atoms with Crippen molar-refractivity contribution in [3.05, 3.63) is 62.5 Å². The van der Waals surface area contributed by atoms with Gasteiger partial charge >= 0.3 is 5.97 Å². The number of amides is 4. The topological polar surface area (TPSA) is 200 Å². The minimum atomic E-state index is -1.18. The summed E-state index contributed by atoms with van der Waals surface area (Å²) in [6.07, 6.45) is 0.448. The molecule has 8 N–H and O–H groups in total. The van der Waals surface area contributed by atoms with Gasteiger partial charge < -0.3 is 37.2 Å². The van der Waals surface area contributed by atoms with Gasteiger partial charge in [-0.15, -0.1) is 0 Å². The van der Waals surface area contributed by atoms with Gasteiger partial charge in [0.2, 0.25) is 23.6 Å². The van der Waals surface area contributed by atoms with Crippen LogP contribution in [0.4, 0.5) is 0 Å². The molecule has 0 saturated carbocycles. The predicted molar refractivity (Wildman–Crippen MR) is 162 cm³/mol. The number of carbonyl (C=O) groups excluding carboxylic acids is 4. The molecule has 0 bridgehead atoms. The fourth-order valence-corrected chi connectivity index (χ4v) is 5.17. The van der Waals surface area contributed by atoms with Gasteiger partial charge in [-0.05, 0) is 73.9 Å². The number of rotatable bonds is 15. The van der Waals surface area contributed by atoms with E-state index in [9.17, 15) is 34.2 Å². The van der Waals surface area contributed by atoms with Gasteiger partial charge in [-0.3, -0.25) is 19.2 Å². The van der Waals surface area contributed by atoms with Crippen molar-refractivity contribution < 1.29 is 34.2 Å². The average molecular weight is 713 g/mol. The second-order valence-electron chi connectivity index (χ2n) is 10.1. The van der Waals surface area contributed by atoms with Crippen LogP contribution in [-0.4, -0.2) is 71.0 Å². The summed E-state index contributed by atoms with van der Waals surface area (Å²) >= 11 is 6.43. The summed E-state index contributed by atoms with van der Waals surface area (Å²) in [5.41, 5.74) is 7.36. The van der Waals surface area contributed by atoms with Crippen molar-refractivity contribution in [3.63, 3.8) is 0 Å². The van der Waals surface area contributed by atoms with E-state index in [2.05, 4.69) is 53.1 Å². The first-order chi connectivity index (χ1) is 19.8. The predicted octanol–water partition coefficient (Wildman–Crippen LogP) is 1.36. The summed E-state index contributed by atoms with van der Waals surface area (Å²) in [5, 5.41) is 29.1. The van der Waals surface area contributed by atoms with E-state index < -0.39 is 60.8 Å². The number of nitrogens with one attached hydrogen (secondary N) is 4. The molecule has 2 aromatic rings. The first-order valence-electron chi connectivity index (χ1n) is 13.1. The lowest BCUT2D eigenvalue weighted by Crippen LogP contribution is -2.54. The van der Waals surface area contributed by atoms with Gasteiger partial charge in [0.15, 0.2) is 0 Å². The minimum Gasteiger partial charge on any atom is -0.506 e. The molecule has 42 heavy (non-hydrogen) atoms. The van der Waals surface area contributed by atoms with Crippen molar-refractivity contribution in [2.45, 2.75) is 51.2 Å². The van der Waals surface area contributed by atoms with Crippen LogP contribution in [0.5, 0.6) is 5.75 Å². The maximum atomic E-state index is 13.0. The van der Waals surface area contributed by atoms with Gasteiger partial charge in [-0.1, -0.05) is 44.2 Å². The van der Waals surface area contributed by atoms with Crippen molar-refractivity contribution in [1.29, 1.82) is 0 Å². The second kappa shape index (κ2) is 16.8. The van der Waals surface area contributed by atoms with E-state index in [1.165, 1.54) is 0 Å². The van der Waals surface area contributed by atoms with E-state index in [-0.39, 0.29) is 30.9 Å². The zero-order valence-electron chi connectivity index (χ0n) is 23.2. The molecule has 2 rings (SSSR count). The molecule has 3 atom stereocenters. The van der Waals surface area contributed by atoms with E-state index in [0.717, 1.165) is 5.56 Å². The monoisotopic (exact) mass is 711 g/mol. The molecule has 0 aliphatic rings. The maximum Gasteiger partial charge on any atom is 0.326 e. The van der Waals surface area contributed by atoms with Crippen molar-refractivity contribution in [1.82, 2.24) is 21.3 Å².